The van der Waals surface area contributed by atoms with E-state index in [-0.39, 0.29) is 17.6 Å². The summed E-state index contributed by atoms with van der Waals surface area (Å²) < 4.78 is 34.6. The zero-order valence-corrected chi connectivity index (χ0v) is 13.0. The number of esters is 2. The highest BCUT2D eigenvalue weighted by molar-refractivity contribution is 5.90. The molecule has 0 saturated heterocycles. The minimum Gasteiger partial charge on any atom is -0.457 e. The van der Waals surface area contributed by atoms with Crippen LogP contribution in [-0.2, 0) is 23.9 Å². The Morgan fingerprint density at radius 1 is 1.17 bits per heavy atom. The molecule has 0 aromatic heterocycles. The fourth-order valence-electron chi connectivity index (χ4n) is 4.52. The largest absolute Gasteiger partial charge is 0.457 e. The highest BCUT2D eigenvalue weighted by Crippen LogP contribution is 2.59. The van der Waals surface area contributed by atoms with Crippen LogP contribution in [0.15, 0.2) is 0 Å². The van der Waals surface area contributed by atoms with Crippen molar-refractivity contribution in [1.29, 1.82) is 0 Å². The molecular weight excluding hydrogens is 310 g/mol. The number of Topliss-reactive ketones (excluding diaryl/α,β-unsaturated/α-hetero) is 1. The summed E-state index contributed by atoms with van der Waals surface area (Å²) in [6.07, 6.45) is 3.35. The summed E-state index contributed by atoms with van der Waals surface area (Å²) in [4.78, 5) is 35.9. The minimum absolute atomic E-state index is 0.0699. The van der Waals surface area contributed by atoms with Crippen molar-refractivity contribution in [2.24, 2.45) is 23.2 Å². The number of carbonyl (C=O) groups is 3. The maximum absolute atomic E-state index is 12.6. The van der Waals surface area contributed by atoms with E-state index in [0.29, 0.717) is 32.1 Å². The average Bonchev–Trinajstić information content (AvgIpc) is 2.46. The number of carbonyl (C=O) groups excluding carboxylic acids is 3. The maximum Gasteiger partial charge on any atom is 0.344 e. The average molecular weight is 330 g/mol. The summed E-state index contributed by atoms with van der Waals surface area (Å²) in [6, 6.07) is 0. The number of ether oxygens (including phenoxy) is 2. The normalized spacial score (nSPS) is 35.3. The smallest absolute Gasteiger partial charge is 0.344 e. The molecule has 0 aromatic carbocycles. The molecule has 4 aliphatic rings. The van der Waals surface area contributed by atoms with E-state index in [9.17, 15) is 23.2 Å². The lowest BCUT2D eigenvalue weighted by atomic mass is 9.49. The van der Waals surface area contributed by atoms with Crippen LogP contribution < -0.4 is 0 Å². The summed E-state index contributed by atoms with van der Waals surface area (Å²) in [5, 5.41) is 0. The third kappa shape index (κ3) is 3.23. The summed E-state index contributed by atoms with van der Waals surface area (Å²) in [7, 11) is 0. The molecule has 4 bridgehead atoms. The van der Waals surface area contributed by atoms with E-state index in [1.165, 1.54) is 0 Å². The molecule has 0 spiro atoms. The van der Waals surface area contributed by atoms with Gasteiger partial charge in [0, 0.05) is 18.8 Å². The first-order valence-electron chi connectivity index (χ1n) is 7.93. The van der Waals surface area contributed by atoms with Gasteiger partial charge in [0.2, 0.25) is 0 Å². The Hall–Kier alpha value is -1.53. The van der Waals surface area contributed by atoms with Crippen LogP contribution in [0, 0.1) is 23.2 Å². The molecule has 0 aliphatic heterocycles. The zero-order valence-electron chi connectivity index (χ0n) is 13.0. The summed E-state index contributed by atoms with van der Waals surface area (Å²) in [6.45, 7) is -1.06. The quantitative estimate of drug-likeness (QED) is 0.722. The Balaban J connectivity index is 1.55. The Kier molecular flexibility index (Phi) is 3.92. The molecule has 4 aliphatic carbocycles. The van der Waals surface area contributed by atoms with Crippen molar-refractivity contribution < 1.29 is 32.6 Å². The van der Waals surface area contributed by atoms with Gasteiger partial charge in [-0.3, -0.25) is 9.59 Å². The second-order valence-electron chi connectivity index (χ2n) is 7.33. The van der Waals surface area contributed by atoms with Crippen LogP contribution >= 0.6 is 0 Å². The van der Waals surface area contributed by atoms with E-state index in [1.54, 1.807) is 0 Å². The molecule has 0 radical (unpaired) electrons. The zero-order chi connectivity index (χ0) is 16.8. The Labute approximate surface area is 132 Å². The minimum atomic E-state index is -3.11. The van der Waals surface area contributed by atoms with Gasteiger partial charge in [-0.2, -0.15) is 0 Å². The first-order valence-corrected chi connectivity index (χ1v) is 7.93. The van der Waals surface area contributed by atoms with E-state index in [0.717, 1.165) is 12.8 Å². The van der Waals surface area contributed by atoms with Crippen molar-refractivity contribution in [2.75, 3.05) is 13.2 Å². The van der Waals surface area contributed by atoms with Gasteiger partial charge in [0.05, 0.1) is 5.41 Å². The second-order valence-corrected chi connectivity index (χ2v) is 7.33. The topological polar surface area (TPSA) is 69.7 Å². The van der Waals surface area contributed by atoms with Crippen molar-refractivity contribution in [3.63, 3.8) is 0 Å². The van der Waals surface area contributed by atoms with Gasteiger partial charge >= 0.3 is 11.9 Å². The van der Waals surface area contributed by atoms with Crippen LogP contribution in [0.4, 0.5) is 8.78 Å². The van der Waals surface area contributed by atoms with Crippen LogP contribution in [0.5, 0.6) is 0 Å². The SMILES string of the molecule is CC(F)(F)COC(=O)COC(=O)C12CC3CC(C1)C(=O)C(C3)C2. The molecule has 4 rings (SSSR count). The number of hydrogen-bond acceptors (Lipinski definition) is 5. The van der Waals surface area contributed by atoms with Gasteiger partial charge in [-0.05, 0) is 38.0 Å². The van der Waals surface area contributed by atoms with Gasteiger partial charge in [0.15, 0.2) is 13.2 Å². The molecule has 4 fully saturated rings. The fraction of sp³-hybridized carbons (Fsp3) is 0.812. The van der Waals surface area contributed by atoms with Crippen LogP contribution in [0.1, 0.15) is 39.0 Å². The molecule has 0 aromatic rings. The number of hydrogen-bond donors (Lipinski definition) is 0. The van der Waals surface area contributed by atoms with E-state index < -0.39 is 36.5 Å². The van der Waals surface area contributed by atoms with Crippen molar-refractivity contribution in [3.05, 3.63) is 0 Å². The second kappa shape index (κ2) is 5.53. The van der Waals surface area contributed by atoms with Crippen molar-refractivity contribution >= 4 is 17.7 Å². The third-order valence-corrected chi connectivity index (χ3v) is 5.23. The number of rotatable bonds is 5. The Morgan fingerprint density at radius 2 is 1.78 bits per heavy atom. The monoisotopic (exact) mass is 330 g/mol. The maximum atomic E-state index is 12.6. The summed E-state index contributed by atoms with van der Waals surface area (Å²) in [5.74, 6) is -4.11. The van der Waals surface area contributed by atoms with Crippen molar-refractivity contribution in [2.45, 2.75) is 45.0 Å². The van der Waals surface area contributed by atoms with E-state index in [2.05, 4.69) is 4.74 Å². The fourth-order valence-corrected chi connectivity index (χ4v) is 4.52. The van der Waals surface area contributed by atoms with E-state index >= 15 is 0 Å². The van der Waals surface area contributed by atoms with Crippen molar-refractivity contribution in [3.8, 4) is 0 Å². The van der Waals surface area contributed by atoms with Gasteiger partial charge < -0.3 is 9.47 Å². The summed E-state index contributed by atoms with van der Waals surface area (Å²) >= 11 is 0. The Morgan fingerprint density at radius 3 is 2.35 bits per heavy atom. The molecule has 2 unspecified atom stereocenters. The predicted octanol–water partition coefficient (Wildman–Crippen LogP) is 2.12. The van der Waals surface area contributed by atoms with Crippen molar-refractivity contribution in [1.82, 2.24) is 0 Å². The van der Waals surface area contributed by atoms with Gasteiger partial charge in [0.25, 0.3) is 5.92 Å². The first-order chi connectivity index (χ1) is 10.7. The van der Waals surface area contributed by atoms with Crippen LogP contribution in [0.2, 0.25) is 0 Å². The van der Waals surface area contributed by atoms with Gasteiger partial charge in [-0.25, -0.2) is 13.6 Å². The number of ketones is 1. The van der Waals surface area contributed by atoms with E-state index in [4.69, 9.17) is 4.74 Å². The Bertz CT molecular complexity index is 521. The molecule has 5 nitrogen and oxygen atoms in total. The van der Waals surface area contributed by atoms with Crippen LogP contribution in [0.3, 0.4) is 0 Å². The molecule has 4 saturated carbocycles. The van der Waals surface area contributed by atoms with E-state index in [1.807, 2.05) is 0 Å². The van der Waals surface area contributed by atoms with Crippen LogP contribution in [0.25, 0.3) is 0 Å². The molecule has 2 atom stereocenters. The molecule has 0 N–H and O–H groups in total. The van der Waals surface area contributed by atoms with Gasteiger partial charge in [-0.1, -0.05) is 0 Å². The van der Waals surface area contributed by atoms with Gasteiger partial charge in [-0.15, -0.1) is 0 Å². The molecular formula is C16H20F2O5. The first kappa shape index (κ1) is 16.3. The lowest BCUT2D eigenvalue weighted by molar-refractivity contribution is -0.180. The number of alkyl halides is 2. The van der Waals surface area contributed by atoms with Crippen LogP contribution in [-0.4, -0.2) is 36.9 Å². The highest BCUT2D eigenvalue weighted by atomic mass is 19.3. The standard InChI is InChI=1S/C16H20F2O5/c1-15(17,18)8-23-12(19)7-22-14(21)16-4-9-2-10(5-16)13(20)11(3-9)6-16/h9-11H,2-8H2,1H3. The molecule has 0 amide bonds. The molecule has 7 heteroatoms. The number of halogens is 2. The highest BCUT2D eigenvalue weighted by Gasteiger charge is 2.59. The molecule has 23 heavy (non-hydrogen) atoms. The third-order valence-electron chi connectivity index (χ3n) is 5.23. The lowest BCUT2D eigenvalue weighted by Crippen LogP contribution is -2.55. The molecule has 0 heterocycles. The van der Waals surface area contributed by atoms with Gasteiger partial charge in [0.1, 0.15) is 5.78 Å². The summed E-state index contributed by atoms with van der Waals surface area (Å²) in [5.41, 5.74) is -0.681. The molecule has 128 valence electrons. The lowest BCUT2D eigenvalue weighted by Gasteiger charge is -2.53. The predicted molar refractivity (Wildman–Crippen MR) is 73.5 cm³/mol.